The zero-order valence-electron chi connectivity index (χ0n) is 17.7. The Balaban J connectivity index is 1.89. The summed E-state index contributed by atoms with van der Waals surface area (Å²) in [5, 5.41) is 3.79. The summed E-state index contributed by atoms with van der Waals surface area (Å²) in [4.78, 5) is 12.9. The van der Waals surface area contributed by atoms with E-state index >= 15 is 0 Å². The van der Waals surface area contributed by atoms with Gasteiger partial charge in [-0.2, -0.15) is 0 Å². The van der Waals surface area contributed by atoms with Crippen molar-refractivity contribution in [1.29, 1.82) is 0 Å². The van der Waals surface area contributed by atoms with E-state index in [-0.39, 0.29) is 17.4 Å². The Hall–Kier alpha value is -2.60. The lowest BCUT2D eigenvalue weighted by Gasteiger charge is -2.19. The zero-order valence-corrected chi connectivity index (χ0v) is 18.5. The quantitative estimate of drug-likeness (QED) is 0.628. The molecule has 1 heterocycles. The summed E-state index contributed by atoms with van der Waals surface area (Å²) in [5.41, 5.74) is 4.71. The van der Waals surface area contributed by atoms with Crippen molar-refractivity contribution in [1.82, 2.24) is 0 Å². The number of benzene rings is 2. The maximum absolute atomic E-state index is 12.9. The number of aryl methyl sites for hydroxylation is 3. The summed E-state index contributed by atoms with van der Waals surface area (Å²) < 4.78 is 30.0. The number of fused-ring (bicyclic) bond motifs is 1. The van der Waals surface area contributed by atoms with E-state index in [1.807, 2.05) is 32.9 Å². The molecule has 3 rings (SSSR count). The maximum atomic E-state index is 12.9. The number of hydrogen-bond acceptors (Lipinski definition) is 4. The van der Waals surface area contributed by atoms with Gasteiger partial charge in [-0.05, 0) is 70.4 Å². The summed E-state index contributed by atoms with van der Waals surface area (Å²) in [5.74, 6) is -0.166. The number of hydrogen-bond donors (Lipinski definition) is 1. The minimum atomic E-state index is -3.31. The Morgan fingerprint density at radius 1 is 1.03 bits per heavy atom. The van der Waals surface area contributed by atoms with E-state index in [2.05, 4.69) is 5.32 Å². The van der Waals surface area contributed by atoms with Crippen LogP contribution in [0.4, 0.5) is 5.69 Å². The minimum Gasteiger partial charge on any atom is -0.450 e. The van der Waals surface area contributed by atoms with E-state index in [1.54, 1.807) is 45.0 Å². The first-order valence-electron chi connectivity index (χ1n) is 9.52. The van der Waals surface area contributed by atoms with Crippen molar-refractivity contribution in [2.24, 2.45) is 0 Å². The second-order valence-electron chi connectivity index (χ2n) is 8.49. The van der Waals surface area contributed by atoms with Crippen molar-refractivity contribution >= 4 is 32.4 Å². The molecule has 154 valence electrons. The number of furan rings is 1. The summed E-state index contributed by atoms with van der Waals surface area (Å²) >= 11 is 0. The number of carbonyl (C=O) groups is 1. The molecule has 0 saturated carbocycles. The number of rotatable bonds is 4. The Morgan fingerprint density at radius 2 is 1.69 bits per heavy atom. The minimum absolute atomic E-state index is 0.0811. The molecule has 2 aromatic carbocycles. The Bertz CT molecular complexity index is 1200. The standard InChI is InChI=1S/C23H27NO4S/c1-14-10-11-15(2)20-19(14)16(3)21(28-20)22(25)24-18-9-7-8-17(12-18)13-29(26,27)23(4,5)6/h7-12H,13H2,1-6H3,(H,24,25). The van der Waals surface area contributed by atoms with Crippen molar-refractivity contribution in [2.75, 3.05) is 5.32 Å². The van der Waals surface area contributed by atoms with E-state index in [0.29, 0.717) is 11.3 Å². The first-order valence-corrected chi connectivity index (χ1v) is 11.2. The van der Waals surface area contributed by atoms with Gasteiger partial charge in [0.05, 0.1) is 10.5 Å². The molecule has 1 amide bonds. The van der Waals surface area contributed by atoms with E-state index in [4.69, 9.17) is 4.42 Å². The molecular weight excluding hydrogens is 386 g/mol. The third kappa shape index (κ3) is 4.08. The molecule has 1 aromatic heterocycles. The van der Waals surface area contributed by atoms with Crippen molar-refractivity contribution in [3.8, 4) is 0 Å². The largest absolute Gasteiger partial charge is 0.450 e. The van der Waals surface area contributed by atoms with Crippen LogP contribution >= 0.6 is 0 Å². The van der Waals surface area contributed by atoms with Gasteiger partial charge in [0.2, 0.25) is 0 Å². The predicted octanol–water partition coefficient (Wildman–Crippen LogP) is 5.32. The molecule has 0 radical (unpaired) electrons. The number of nitrogens with one attached hydrogen (secondary N) is 1. The lowest BCUT2D eigenvalue weighted by molar-refractivity contribution is 0.0998. The average molecular weight is 414 g/mol. The molecule has 6 heteroatoms. The van der Waals surface area contributed by atoms with Crippen LogP contribution in [0.15, 0.2) is 40.8 Å². The molecule has 0 aliphatic carbocycles. The molecule has 5 nitrogen and oxygen atoms in total. The monoisotopic (exact) mass is 413 g/mol. The first-order chi connectivity index (χ1) is 13.4. The summed E-state index contributed by atoms with van der Waals surface area (Å²) in [6, 6.07) is 10.9. The Morgan fingerprint density at radius 3 is 2.31 bits per heavy atom. The maximum Gasteiger partial charge on any atom is 0.291 e. The summed E-state index contributed by atoms with van der Waals surface area (Å²) in [6.45, 7) is 10.9. The van der Waals surface area contributed by atoms with Crippen LogP contribution < -0.4 is 5.32 Å². The van der Waals surface area contributed by atoms with Gasteiger partial charge in [-0.1, -0.05) is 24.3 Å². The smallest absolute Gasteiger partial charge is 0.291 e. The van der Waals surface area contributed by atoms with E-state index < -0.39 is 14.6 Å². The topological polar surface area (TPSA) is 76.4 Å². The van der Waals surface area contributed by atoms with E-state index in [9.17, 15) is 13.2 Å². The molecule has 0 spiro atoms. The highest BCUT2D eigenvalue weighted by Crippen LogP contribution is 2.31. The molecular formula is C23H27NO4S. The van der Waals surface area contributed by atoms with Crippen molar-refractivity contribution < 1.29 is 17.6 Å². The third-order valence-corrected chi connectivity index (χ3v) is 7.74. The van der Waals surface area contributed by atoms with Crippen LogP contribution in [-0.2, 0) is 15.6 Å². The van der Waals surface area contributed by atoms with Crippen molar-refractivity contribution in [3.05, 3.63) is 64.4 Å². The highest BCUT2D eigenvalue weighted by molar-refractivity contribution is 7.91. The lowest BCUT2D eigenvalue weighted by Crippen LogP contribution is -2.29. The van der Waals surface area contributed by atoms with Crippen molar-refractivity contribution in [3.63, 3.8) is 0 Å². The van der Waals surface area contributed by atoms with Gasteiger partial charge in [0.15, 0.2) is 15.6 Å². The molecule has 0 atom stereocenters. The fourth-order valence-electron chi connectivity index (χ4n) is 3.25. The van der Waals surface area contributed by atoms with E-state index in [1.165, 1.54) is 0 Å². The fourth-order valence-corrected chi connectivity index (χ4v) is 4.31. The molecule has 3 aromatic rings. The lowest BCUT2D eigenvalue weighted by atomic mass is 10.0. The molecule has 0 aliphatic rings. The molecule has 29 heavy (non-hydrogen) atoms. The third-order valence-electron chi connectivity index (χ3n) is 5.16. The average Bonchev–Trinajstić information content (AvgIpc) is 2.96. The summed E-state index contributed by atoms with van der Waals surface area (Å²) in [7, 11) is -3.31. The molecule has 0 fully saturated rings. The summed E-state index contributed by atoms with van der Waals surface area (Å²) in [6.07, 6.45) is 0. The van der Waals surface area contributed by atoms with Crippen LogP contribution in [0, 0.1) is 20.8 Å². The van der Waals surface area contributed by atoms with E-state index in [0.717, 1.165) is 27.7 Å². The number of sulfone groups is 1. The second-order valence-corrected chi connectivity index (χ2v) is 11.2. The fraction of sp³-hybridized carbons (Fsp3) is 0.348. The van der Waals surface area contributed by atoms with Gasteiger partial charge in [-0.3, -0.25) is 4.79 Å². The molecule has 0 unspecified atom stereocenters. The van der Waals surface area contributed by atoms with Crippen LogP contribution in [0.2, 0.25) is 0 Å². The van der Waals surface area contributed by atoms with Crippen LogP contribution in [0.1, 0.15) is 53.6 Å². The zero-order chi connectivity index (χ0) is 21.6. The van der Waals surface area contributed by atoms with Gasteiger partial charge in [-0.15, -0.1) is 0 Å². The molecule has 1 N–H and O–H groups in total. The highest BCUT2D eigenvalue weighted by atomic mass is 32.2. The number of amides is 1. The second kappa shape index (κ2) is 7.34. The van der Waals surface area contributed by atoms with Gasteiger partial charge in [0.1, 0.15) is 5.58 Å². The van der Waals surface area contributed by atoms with Gasteiger partial charge in [-0.25, -0.2) is 8.42 Å². The predicted molar refractivity (Wildman–Crippen MR) is 117 cm³/mol. The number of anilines is 1. The molecule has 0 saturated heterocycles. The first kappa shape index (κ1) is 21.1. The van der Waals surface area contributed by atoms with Gasteiger partial charge in [0, 0.05) is 16.6 Å². The van der Waals surface area contributed by atoms with Gasteiger partial charge >= 0.3 is 0 Å². The van der Waals surface area contributed by atoms with Gasteiger partial charge in [0.25, 0.3) is 5.91 Å². The normalized spacial score (nSPS) is 12.3. The van der Waals surface area contributed by atoms with Gasteiger partial charge < -0.3 is 9.73 Å². The number of carbonyl (C=O) groups excluding carboxylic acids is 1. The van der Waals surface area contributed by atoms with Crippen LogP contribution in [0.25, 0.3) is 11.0 Å². The van der Waals surface area contributed by atoms with Crippen LogP contribution in [0.3, 0.4) is 0 Å². The van der Waals surface area contributed by atoms with Crippen LogP contribution in [0.5, 0.6) is 0 Å². The molecule has 0 aliphatic heterocycles. The Kier molecular flexibility index (Phi) is 5.34. The Labute approximate surface area is 172 Å². The van der Waals surface area contributed by atoms with Crippen molar-refractivity contribution in [2.45, 2.75) is 52.0 Å². The van der Waals surface area contributed by atoms with Crippen LogP contribution in [-0.4, -0.2) is 19.1 Å². The SMILES string of the molecule is Cc1ccc(C)c2c(C)c(C(=O)Nc3cccc(CS(=O)(=O)C(C)(C)C)c3)oc12. The highest BCUT2D eigenvalue weighted by Gasteiger charge is 2.29. The molecule has 0 bridgehead atoms.